The van der Waals surface area contributed by atoms with E-state index in [0.29, 0.717) is 5.56 Å². The first-order valence-electron chi connectivity index (χ1n) is 7.82. The maximum absolute atomic E-state index is 13.2. The monoisotopic (exact) mass is 300 g/mol. The van der Waals surface area contributed by atoms with Crippen LogP contribution in [0.3, 0.4) is 0 Å². The number of aromatic nitrogens is 3. The standard InChI is InChI=1S/C17H21FN4/c1-3-4-16-19-9-14-11-22(6-5-15(14)21-16)10-13-7-12(2)17(18)20-8-13/h7-9H,3-6,10-11H2,1-2H3. The molecule has 0 saturated heterocycles. The van der Waals surface area contributed by atoms with Gasteiger partial charge in [-0.2, -0.15) is 4.39 Å². The SMILES string of the molecule is CCCc1ncc2c(n1)CCN(Cc1cnc(F)c(C)c1)C2. The predicted octanol–water partition coefficient (Wildman–Crippen LogP) is 2.83. The van der Waals surface area contributed by atoms with Crippen molar-refractivity contribution >= 4 is 0 Å². The molecule has 3 heterocycles. The van der Waals surface area contributed by atoms with E-state index in [2.05, 4.69) is 26.8 Å². The van der Waals surface area contributed by atoms with Crippen LogP contribution >= 0.6 is 0 Å². The summed E-state index contributed by atoms with van der Waals surface area (Å²) in [7, 11) is 0. The van der Waals surface area contributed by atoms with Gasteiger partial charge in [0.1, 0.15) is 5.82 Å². The van der Waals surface area contributed by atoms with Crippen molar-refractivity contribution in [3.05, 3.63) is 52.6 Å². The van der Waals surface area contributed by atoms with Crippen molar-refractivity contribution in [3.8, 4) is 0 Å². The van der Waals surface area contributed by atoms with Gasteiger partial charge in [0.05, 0.1) is 0 Å². The van der Waals surface area contributed by atoms with Crippen LogP contribution in [-0.2, 0) is 25.9 Å². The Morgan fingerprint density at radius 3 is 2.91 bits per heavy atom. The topological polar surface area (TPSA) is 41.9 Å². The highest BCUT2D eigenvalue weighted by atomic mass is 19.1. The summed E-state index contributed by atoms with van der Waals surface area (Å²) in [6.45, 7) is 6.48. The molecule has 2 aromatic rings. The van der Waals surface area contributed by atoms with Crippen molar-refractivity contribution in [2.75, 3.05) is 6.54 Å². The van der Waals surface area contributed by atoms with E-state index >= 15 is 0 Å². The smallest absolute Gasteiger partial charge is 0.215 e. The van der Waals surface area contributed by atoms with Gasteiger partial charge in [-0.05, 0) is 25.0 Å². The zero-order valence-electron chi connectivity index (χ0n) is 13.1. The molecule has 0 amide bonds. The number of hydrogen-bond donors (Lipinski definition) is 0. The average molecular weight is 300 g/mol. The maximum Gasteiger partial charge on any atom is 0.215 e. The van der Waals surface area contributed by atoms with Crippen molar-refractivity contribution in [3.63, 3.8) is 0 Å². The molecule has 0 spiro atoms. The summed E-state index contributed by atoms with van der Waals surface area (Å²) in [5, 5.41) is 0. The molecule has 0 aromatic carbocycles. The summed E-state index contributed by atoms with van der Waals surface area (Å²) < 4.78 is 13.2. The fourth-order valence-electron chi connectivity index (χ4n) is 2.86. The second-order valence-electron chi connectivity index (χ2n) is 5.92. The van der Waals surface area contributed by atoms with Crippen molar-refractivity contribution in [1.29, 1.82) is 0 Å². The Hall–Kier alpha value is -1.88. The molecule has 0 radical (unpaired) electrons. The fourth-order valence-corrected chi connectivity index (χ4v) is 2.86. The second-order valence-corrected chi connectivity index (χ2v) is 5.92. The molecule has 3 rings (SSSR count). The molecule has 0 fully saturated rings. The molecule has 2 aromatic heterocycles. The molecule has 0 unspecified atom stereocenters. The van der Waals surface area contributed by atoms with Crippen LogP contribution < -0.4 is 0 Å². The first-order valence-corrected chi connectivity index (χ1v) is 7.82. The third-order valence-corrected chi connectivity index (χ3v) is 4.01. The molecule has 22 heavy (non-hydrogen) atoms. The number of aryl methyl sites for hydroxylation is 2. The Balaban J connectivity index is 1.70. The highest BCUT2D eigenvalue weighted by Gasteiger charge is 2.18. The Kier molecular flexibility index (Phi) is 4.43. The van der Waals surface area contributed by atoms with Gasteiger partial charge < -0.3 is 0 Å². The minimum atomic E-state index is -0.385. The molecule has 4 nitrogen and oxygen atoms in total. The summed E-state index contributed by atoms with van der Waals surface area (Å²) in [5.41, 5.74) is 4.04. The summed E-state index contributed by atoms with van der Waals surface area (Å²) in [6.07, 6.45) is 6.55. The third kappa shape index (κ3) is 3.30. The molecule has 116 valence electrons. The third-order valence-electron chi connectivity index (χ3n) is 4.01. The van der Waals surface area contributed by atoms with Crippen LogP contribution in [0.1, 0.15) is 41.6 Å². The Bertz CT molecular complexity index is 672. The Morgan fingerprint density at radius 1 is 1.27 bits per heavy atom. The lowest BCUT2D eigenvalue weighted by Crippen LogP contribution is -2.31. The molecule has 0 atom stereocenters. The highest BCUT2D eigenvalue weighted by molar-refractivity contribution is 5.22. The van der Waals surface area contributed by atoms with Gasteiger partial charge in [0.25, 0.3) is 0 Å². The quantitative estimate of drug-likeness (QED) is 0.814. The number of pyridine rings is 1. The van der Waals surface area contributed by atoms with Gasteiger partial charge >= 0.3 is 0 Å². The van der Waals surface area contributed by atoms with E-state index in [9.17, 15) is 4.39 Å². The van der Waals surface area contributed by atoms with E-state index in [0.717, 1.165) is 50.3 Å². The number of fused-ring (bicyclic) bond motifs is 1. The van der Waals surface area contributed by atoms with Gasteiger partial charge in [-0.25, -0.2) is 15.0 Å². The first kappa shape index (κ1) is 15.0. The van der Waals surface area contributed by atoms with Crippen LogP contribution in [0.4, 0.5) is 4.39 Å². The normalized spacial score (nSPS) is 14.9. The Labute approximate surface area is 130 Å². The first-order chi connectivity index (χ1) is 10.7. The number of rotatable bonds is 4. The molecule has 1 aliphatic heterocycles. The molecule has 0 N–H and O–H groups in total. The van der Waals surface area contributed by atoms with Gasteiger partial charge in [-0.1, -0.05) is 6.92 Å². The van der Waals surface area contributed by atoms with Gasteiger partial charge in [-0.3, -0.25) is 4.90 Å². The van der Waals surface area contributed by atoms with Crippen molar-refractivity contribution in [1.82, 2.24) is 19.9 Å². The van der Waals surface area contributed by atoms with Crippen molar-refractivity contribution in [2.45, 2.75) is 46.2 Å². The van der Waals surface area contributed by atoms with Crippen LogP contribution in [0.2, 0.25) is 0 Å². The number of nitrogens with zero attached hydrogens (tertiary/aromatic N) is 4. The molecule has 0 aliphatic carbocycles. The van der Waals surface area contributed by atoms with E-state index in [1.807, 2.05) is 12.3 Å². The van der Waals surface area contributed by atoms with Crippen molar-refractivity contribution in [2.24, 2.45) is 0 Å². The summed E-state index contributed by atoms with van der Waals surface area (Å²) in [4.78, 5) is 15.3. The fraction of sp³-hybridized carbons (Fsp3) is 0.471. The molecule has 5 heteroatoms. The zero-order chi connectivity index (χ0) is 15.5. The molecular weight excluding hydrogens is 279 g/mol. The van der Waals surface area contributed by atoms with E-state index in [-0.39, 0.29) is 5.95 Å². The average Bonchev–Trinajstić information content (AvgIpc) is 2.51. The summed E-state index contributed by atoms with van der Waals surface area (Å²) >= 11 is 0. The van der Waals surface area contributed by atoms with Crippen LogP contribution in [0.25, 0.3) is 0 Å². The van der Waals surface area contributed by atoms with Crippen molar-refractivity contribution < 1.29 is 4.39 Å². The van der Waals surface area contributed by atoms with Gasteiger partial charge in [0.15, 0.2) is 0 Å². The minimum Gasteiger partial charge on any atom is -0.294 e. The lowest BCUT2D eigenvalue weighted by molar-refractivity contribution is 0.242. The minimum absolute atomic E-state index is 0.385. The van der Waals surface area contributed by atoms with Crippen LogP contribution in [-0.4, -0.2) is 26.4 Å². The van der Waals surface area contributed by atoms with E-state index < -0.39 is 0 Å². The number of halogens is 1. The van der Waals surface area contributed by atoms with E-state index in [4.69, 9.17) is 0 Å². The summed E-state index contributed by atoms with van der Waals surface area (Å²) in [6, 6.07) is 1.87. The van der Waals surface area contributed by atoms with Gasteiger partial charge in [0.2, 0.25) is 5.95 Å². The van der Waals surface area contributed by atoms with Gasteiger partial charge in [0, 0.05) is 61.7 Å². The second kappa shape index (κ2) is 6.48. The highest BCUT2D eigenvalue weighted by Crippen LogP contribution is 2.19. The van der Waals surface area contributed by atoms with Gasteiger partial charge in [-0.15, -0.1) is 0 Å². The number of hydrogen-bond acceptors (Lipinski definition) is 4. The lowest BCUT2D eigenvalue weighted by Gasteiger charge is -2.28. The van der Waals surface area contributed by atoms with E-state index in [1.54, 1.807) is 13.1 Å². The molecule has 0 bridgehead atoms. The van der Waals surface area contributed by atoms with Crippen LogP contribution in [0.5, 0.6) is 0 Å². The molecule has 0 saturated carbocycles. The van der Waals surface area contributed by atoms with Crippen LogP contribution in [0.15, 0.2) is 18.5 Å². The predicted molar refractivity (Wildman–Crippen MR) is 82.8 cm³/mol. The van der Waals surface area contributed by atoms with E-state index in [1.165, 1.54) is 11.3 Å². The maximum atomic E-state index is 13.2. The van der Waals surface area contributed by atoms with Crippen LogP contribution in [0, 0.1) is 12.9 Å². The zero-order valence-corrected chi connectivity index (χ0v) is 13.1. The lowest BCUT2D eigenvalue weighted by atomic mass is 10.1. The molecule has 1 aliphatic rings. The molecular formula is C17H21FN4. The largest absolute Gasteiger partial charge is 0.294 e. The summed E-state index contributed by atoms with van der Waals surface area (Å²) in [5.74, 6) is 0.567. The Morgan fingerprint density at radius 2 is 2.14 bits per heavy atom.